The molecule has 1 atom stereocenters. The summed E-state index contributed by atoms with van der Waals surface area (Å²) in [5.41, 5.74) is 3.78. The molecule has 1 aliphatic rings. The molecule has 35 heavy (non-hydrogen) atoms. The van der Waals surface area contributed by atoms with E-state index in [1.807, 2.05) is 84.9 Å². The van der Waals surface area contributed by atoms with Gasteiger partial charge in [0.2, 0.25) is 0 Å². The van der Waals surface area contributed by atoms with Crippen LogP contribution < -0.4 is 4.74 Å². The van der Waals surface area contributed by atoms with Gasteiger partial charge in [-0.2, -0.15) is 0 Å². The molecule has 4 aromatic carbocycles. The van der Waals surface area contributed by atoms with Crippen molar-refractivity contribution in [2.45, 2.75) is 25.2 Å². The highest BCUT2D eigenvalue weighted by molar-refractivity contribution is 6.25. The number of ketones is 1. The van der Waals surface area contributed by atoms with Crippen molar-refractivity contribution in [1.29, 1.82) is 0 Å². The van der Waals surface area contributed by atoms with Gasteiger partial charge in [0.05, 0.1) is 24.1 Å². The van der Waals surface area contributed by atoms with Crippen LogP contribution in [0.2, 0.25) is 0 Å². The first-order valence-corrected chi connectivity index (χ1v) is 11.8. The van der Waals surface area contributed by atoms with Crippen molar-refractivity contribution in [1.82, 2.24) is 0 Å². The predicted octanol–water partition coefficient (Wildman–Crippen LogP) is 7.12. The molecule has 0 heterocycles. The van der Waals surface area contributed by atoms with Gasteiger partial charge in [-0.05, 0) is 58.5 Å². The third-order valence-corrected chi connectivity index (χ3v) is 6.57. The van der Waals surface area contributed by atoms with Crippen LogP contribution in [0.15, 0.2) is 113 Å². The lowest BCUT2D eigenvalue weighted by molar-refractivity contribution is -0.115. The van der Waals surface area contributed by atoms with Gasteiger partial charge in [0.1, 0.15) is 11.5 Å². The normalized spacial score (nSPS) is 18.6. The Morgan fingerprint density at radius 3 is 2.37 bits per heavy atom. The Morgan fingerprint density at radius 1 is 0.886 bits per heavy atom. The van der Waals surface area contributed by atoms with Crippen molar-refractivity contribution in [3.8, 4) is 5.75 Å². The zero-order valence-electron chi connectivity index (χ0n) is 19.6. The third kappa shape index (κ3) is 4.87. The number of hydrogen-bond donors (Lipinski definition) is 1. The quantitative estimate of drug-likeness (QED) is 0.254. The topological polar surface area (TPSA) is 58.9 Å². The molecule has 0 saturated heterocycles. The number of ether oxygens (including phenoxy) is 1. The molecule has 0 radical (unpaired) electrons. The monoisotopic (exact) mass is 461 g/mol. The van der Waals surface area contributed by atoms with Crippen molar-refractivity contribution in [3.63, 3.8) is 0 Å². The second-order valence-electron chi connectivity index (χ2n) is 8.83. The maximum Gasteiger partial charge on any atom is 0.168 e. The minimum Gasteiger partial charge on any atom is -0.511 e. The smallest absolute Gasteiger partial charge is 0.168 e. The second kappa shape index (κ2) is 9.98. The zero-order chi connectivity index (χ0) is 24.2. The Bertz CT molecular complexity index is 1410. The molecule has 174 valence electrons. The van der Waals surface area contributed by atoms with E-state index in [1.165, 1.54) is 0 Å². The molecule has 0 bridgehead atoms. The van der Waals surface area contributed by atoms with Gasteiger partial charge in [0.15, 0.2) is 5.78 Å². The number of aliphatic imine (C=N–C) groups is 1. The Hall–Kier alpha value is -4.18. The summed E-state index contributed by atoms with van der Waals surface area (Å²) in [4.78, 5) is 18.3. The summed E-state index contributed by atoms with van der Waals surface area (Å²) in [5.74, 6) is 0.764. The van der Waals surface area contributed by atoms with Gasteiger partial charge >= 0.3 is 0 Å². The highest BCUT2D eigenvalue weighted by Gasteiger charge is 2.32. The van der Waals surface area contributed by atoms with Crippen LogP contribution in [0.1, 0.15) is 29.9 Å². The molecule has 1 saturated carbocycles. The number of carbonyl (C=O) groups is 1. The Kier molecular flexibility index (Phi) is 6.44. The predicted molar refractivity (Wildman–Crippen MR) is 141 cm³/mol. The number of benzene rings is 4. The number of hydrogen-bond acceptors (Lipinski definition) is 4. The minimum absolute atomic E-state index is 0.0230. The number of aliphatic hydroxyl groups is 1. The van der Waals surface area contributed by atoms with Crippen LogP contribution in [0, 0.1) is 0 Å². The molecule has 1 N–H and O–H groups in total. The first kappa shape index (κ1) is 22.6. The highest BCUT2D eigenvalue weighted by atomic mass is 16.5. The number of Topliss-reactive ketones (excluding diaryl/α,β-unsaturated/α-hetero) is 1. The van der Waals surface area contributed by atoms with Crippen LogP contribution in [-0.4, -0.2) is 23.7 Å². The Balaban J connectivity index is 1.56. The average molecular weight is 462 g/mol. The van der Waals surface area contributed by atoms with E-state index in [0.717, 1.165) is 33.3 Å². The summed E-state index contributed by atoms with van der Waals surface area (Å²) in [6, 6.07) is 31.6. The summed E-state index contributed by atoms with van der Waals surface area (Å²) in [7, 11) is 1.62. The Labute approximate surface area is 205 Å². The standard InChI is InChI=1S/C31H27NO3/c1-35-26-16-14-25(15-17-26)32-28-18-24(21-8-3-2-4-9-21)20-30(34)31(28)29(33)19-23-12-7-11-22-10-5-6-13-27(22)23/h2-17,24,33H,18-20H2,1H3. The molecular formula is C31H27NO3. The SMILES string of the molecule is COc1ccc(N=C2CC(c3ccccc3)CC(=O)C2=C(O)Cc2cccc3ccccc23)cc1. The van der Waals surface area contributed by atoms with Crippen molar-refractivity contribution in [2.24, 2.45) is 4.99 Å². The number of methoxy groups -OCH3 is 1. The lowest BCUT2D eigenvalue weighted by atomic mass is 9.78. The van der Waals surface area contributed by atoms with E-state index in [9.17, 15) is 9.90 Å². The van der Waals surface area contributed by atoms with Crippen LogP contribution in [-0.2, 0) is 11.2 Å². The van der Waals surface area contributed by atoms with Crippen LogP contribution in [0.25, 0.3) is 10.8 Å². The molecule has 1 unspecified atom stereocenters. The van der Waals surface area contributed by atoms with Gasteiger partial charge in [0.25, 0.3) is 0 Å². The molecule has 1 fully saturated rings. The molecule has 5 rings (SSSR count). The van der Waals surface area contributed by atoms with Crippen molar-refractivity contribution >= 4 is 28.0 Å². The first-order valence-electron chi connectivity index (χ1n) is 11.8. The van der Waals surface area contributed by atoms with E-state index < -0.39 is 0 Å². The fraction of sp³-hybridized carbons (Fsp3) is 0.161. The maximum atomic E-state index is 13.5. The third-order valence-electron chi connectivity index (χ3n) is 6.57. The molecular weight excluding hydrogens is 434 g/mol. The van der Waals surface area contributed by atoms with Crippen LogP contribution in [0.3, 0.4) is 0 Å². The summed E-state index contributed by atoms with van der Waals surface area (Å²) < 4.78 is 5.26. The van der Waals surface area contributed by atoms with E-state index in [1.54, 1.807) is 7.11 Å². The molecule has 0 aliphatic heterocycles. The summed E-state index contributed by atoms with van der Waals surface area (Å²) in [6.07, 6.45) is 1.21. The minimum atomic E-state index is -0.0740. The van der Waals surface area contributed by atoms with E-state index in [0.29, 0.717) is 24.1 Å². The summed E-state index contributed by atoms with van der Waals surface area (Å²) in [6.45, 7) is 0. The van der Waals surface area contributed by atoms with E-state index in [-0.39, 0.29) is 23.9 Å². The first-order chi connectivity index (χ1) is 17.1. The fourth-order valence-electron chi connectivity index (χ4n) is 4.81. The summed E-state index contributed by atoms with van der Waals surface area (Å²) >= 11 is 0. The van der Waals surface area contributed by atoms with Crippen molar-refractivity contribution < 1.29 is 14.6 Å². The number of fused-ring (bicyclic) bond motifs is 1. The van der Waals surface area contributed by atoms with Gasteiger partial charge < -0.3 is 9.84 Å². The molecule has 0 amide bonds. The average Bonchev–Trinajstić information content (AvgIpc) is 2.89. The number of rotatable bonds is 5. The molecule has 0 spiro atoms. The largest absolute Gasteiger partial charge is 0.511 e. The summed E-state index contributed by atoms with van der Waals surface area (Å²) in [5, 5.41) is 13.5. The number of aliphatic hydroxyl groups excluding tert-OH is 1. The van der Waals surface area contributed by atoms with E-state index in [2.05, 4.69) is 12.1 Å². The van der Waals surface area contributed by atoms with Gasteiger partial charge in [-0.25, -0.2) is 0 Å². The van der Waals surface area contributed by atoms with Gasteiger partial charge in [0, 0.05) is 12.8 Å². The fourth-order valence-corrected chi connectivity index (χ4v) is 4.81. The maximum absolute atomic E-state index is 13.5. The van der Waals surface area contributed by atoms with Crippen LogP contribution in [0.5, 0.6) is 5.75 Å². The van der Waals surface area contributed by atoms with Crippen LogP contribution >= 0.6 is 0 Å². The lowest BCUT2D eigenvalue weighted by Crippen LogP contribution is -2.27. The number of carbonyl (C=O) groups excluding carboxylic acids is 1. The molecule has 1 aliphatic carbocycles. The lowest BCUT2D eigenvalue weighted by Gasteiger charge is -2.26. The van der Waals surface area contributed by atoms with Gasteiger partial charge in [-0.3, -0.25) is 9.79 Å². The highest BCUT2D eigenvalue weighted by Crippen LogP contribution is 2.35. The number of nitrogens with zero attached hydrogens (tertiary/aromatic N) is 1. The van der Waals surface area contributed by atoms with E-state index in [4.69, 9.17) is 9.73 Å². The Morgan fingerprint density at radius 2 is 1.60 bits per heavy atom. The molecule has 4 aromatic rings. The molecule has 4 nitrogen and oxygen atoms in total. The molecule has 4 heteroatoms. The molecule has 0 aromatic heterocycles. The number of allylic oxidation sites excluding steroid dienone is 2. The van der Waals surface area contributed by atoms with Crippen molar-refractivity contribution in [2.75, 3.05) is 7.11 Å². The van der Waals surface area contributed by atoms with Gasteiger partial charge in [-0.15, -0.1) is 0 Å². The second-order valence-corrected chi connectivity index (χ2v) is 8.83. The zero-order valence-corrected chi connectivity index (χ0v) is 19.6. The van der Waals surface area contributed by atoms with Gasteiger partial charge in [-0.1, -0.05) is 72.8 Å². The van der Waals surface area contributed by atoms with Crippen LogP contribution in [0.4, 0.5) is 5.69 Å². The van der Waals surface area contributed by atoms with Crippen molar-refractivity contribution in [3.05, 3.63) is 120 Å². The van der Waals surface area contributed by atoms with E-state index >= 15 is 0 Å².